The predicted octanol–water partition coefficient (Wildman–Crippen LogP) is 2.23. The van der Waals surface area contributed by atoms with Crippen molar-refractivity contribution >= 4 is 5.91 Å². The van der Waals surface area contributed by atoms with Gasteiger partial charge in [0.15, 0.2) is 6.61 Å². The number of unbranched alkanes of at least 4 members (excludes halogenated alkanes) is 1. The lowest BCUT2D eigenvalue weighted by atomic mass is 10.2. The van der Waals surface area contributed by atoms with E-state index >= 15 is 0 Å². The van der Waals surface area contributed by atoms with E-state index in [0.29, 0.717) is 6.04 Å². The van der Waals surface area contributed by atoms with Gasteiger partial charge >= 0.3 is 0 Å². The summed E-state index contributed by atoms with van der Waals surface area (Å²) in [5.41, 5.74) is 1.11. The molecule has 4 heteroatoms. The molecule has 0 bridgehead atoms. The van der Waals surface area contributed by atoms with E-state index in [1.54, 1.807) is 0 Å². The quantitative estimate of drug-likeness (QED) is 0.680. The summed E-state index contributed by atoms with van der Waals surface area (Å²) in [5.74, 6) is 0.745. The van der Waals surface area contributed by atoms with Crippen molar-refractivity contribution in [2.24, 2.45) is 0 Å². The Hall–Kier alpha value is -1.55. The number of rotatable bonds is 9. The van der Waals surface area contributed by atoms with Crippen LogP contribution in [-0.2, 0) is 11.3 Å². The number of nitrogens with one attached hydrogen (secondary N) is 2. The normalized spacial score (nSPS) is 14.1. The third-order valence-corrected chi connectivity index (χ3v) is 3.34. The van der Waals surface area contributed by atoms with E-state index in [2.05, 4.69) is 17.6 Å². The molecule has 0 heterocycles. The highest BCUT2D eigenvalue weighted by atomic mass is 16.5. The van der Waals surface area contributed by atoms with Crippen LogP contribution < -0.4 is 15.4 Å². The highest BCUT2D eigenvalue weighted by Crippen LogP contribution is 2.22. The van der Waals surface area contributed by atoms with E-state index in [9.17, 15) is 4.79 Å². The second kappa shape index (κ2) is 7.90. The molecule has 1 aromatic carbocycles. The topological polar surface area (TPSA) is 50.4 Å². The van der Waals surface area contributed by atoms with Crippen LogP contribution in [0.1, 0.15) is 38.2 Å². The van der Waals surface area contributed by atoms with Crippen molar-refractivity contribution in [1.82, 2.24) is 10.6 Å². The molecule has 110 valence electrons. The highest BCUT2D eigenvalue weighted by molar-refractivity contribution is 5.77. The number of carbonyl (C=O) groups excluding carboxylic acids is 1. The Morgan fingerprint density at radius 3 is 2.90 bits per heavy atom. The summed E-state index contributed by atoms with van der Waals surface area (Å²) < 4.78 is 5.63. The number of hydrogen-bond donors (Lipinski definition) is 2. The second-order valence-electron chi connectivity index (χ2n) is 5.26. The van der Waals surface area contributed by atoms with Crippen LogP contribution in [0.4, 0.5) is 0 Å². The van der Waals surface area contributed by atoms with Crippen molar-refractivity contribution in [1.29, 1.82) is 0 Å². The summed E-state index contributed by atoms with van der Waals surface area (Å²) >= 11 is 0. The van der Waals surface area contributed by atoms with Gasteiger partial charge in [0.1, 0.15) is 5.75 Å². The molecule has 0 atom stereocenters. The van der Waals surface area contributed by atoms with Gasteiger partial charge in [0.05, 0.1) is 0 Å². The maximum Gasteiger partial charge on any atom is 0.257 e. The number of para-hydroxylation sites is 1. The molecule has 1 aliphatic carbocycles. The largest absolute Gasteiger partial charge is 0.483 e. The first kappa shape index (κ1) is 14.9. The molecule has 0 saturated heterocycles. The fraction of sp³-hybridized carbons (Fsp3) is 0.562. The van der Waals surface area contributed by atoms with Crippen LogP contribution in [0.15, 0.2) is 24.3 Å². The van der Waals surface area contributed by atoms with Crippen LogP contribution in [0.25, 0.3) is 0 Å². The monoisotopic (exact) mass is 276 g/mol. The number of hydrogen-bond acceptors (Lipinski definition) is 3. The molecule has 20 heavy (non-hydrogen) atoms. The van der Waals surface area contributed by atoms with Gasteiger partial charge in [-0.15, -0.1) is 0 Å². The molecule has 2 N–H and O–H groups in total. The lowest BCUT2D eigenvalue weighted by molar-refractivity contribution is -0.123. The predicted molar refractivity (Wildman–Crippen MR) is 79.7 cm³/mol. The molecule has 1 fully saturated rings. The van der Waals surface area contributed by atoms with Crippen LogP contribution in [0.2, 0.25) is 0 Å². The fourth-order valence-corrected chi connectivity index (χ4v) is 1.93. The van der Waals surface area contributed by atoms with Gasteiger partial charge in [-0.1, -0.05) is 31.5 Å². The smallest absolute Gasteiger partial charge is 0.257 e. The van der Waals surface area contributed by atoms with E-state index < -0.39 is 0 Å². The zero-order valence-electron chi connectivity index (χ0n) is 12.2. The Balaban J connectivity index is 1.77. The van der Waals surface area contributed by atoms with Crippen LogP contribution in [0.5, 0.6) is 5.75 Å². The van der Waals surface area contributed by atoms with E-state index in [1.807, 2.05) is 24.3 Å². The van der Waals surface area contributed by atoms with Crippen molar-refractivity contribution in [3.63, 3.8) is 0 Å². The van der Waals surface area contributed by atoms with Gasteiger partial charge in [0.25, 0.3) is 5.91 Å². The van der Waals surface area contributed by atoms with Crippen LogP contribution in [0.3, 0.4) is 0 Å². The van der Waals surface area contributed by atoms with Crippen molar-refractivity contribution in [2.75, 3.05) is 13.2 Å². The van der Waals surface area contributed by atoms with E-state index in [0.717, 1.165) is 37.2 Å². The second-order valence-corrected chi connectivity index (χ2v) is 5.26. The molecule has 1 aromatic rings. The highest BCUT2D eigenvalue weighted by Gasteiger charge is 2.20. The minimum absolute atomic E-state index is 0.0524. The Bertz CT molecular complexity index is 430. The molecule has 0 spiro atoms. The van der Waals surface area contributed by atoms with Crippen molar-refractivity contribution in [2.45, 2.75) is 45.2 Å². The zero-order chi connectivity index (χ0) is 14.2. The average Bonchev–Trinajstić information content (AvgIpc) is 3.28. The summed E-state index contributed by atoms with van der Waals surface area (Å²) in [6, 6.07) is 8.56. The number of amides is 1. The standard InChI is InChI=1S/C16H24N2O2/c1-2-3-10-17-16(19)12-20-15-7-5-4-6-13(15)11-18-14-8-9-14/h4-7,14,18H,2-3,8-12H2,1H3,(H,17,19). The van der Waals surface area contributed by atoms with Crippen molar-refractivity contribution in [3.8, 4) is 5.75 Å². The number of ether oxygens (including phenoxy) is 1. The molecule has 1 aliphatic rings. The summed E-state index contributed by atoms with van der Waals surface area (Å²) in [6.07, 6.45) is 4.62. The lowest BCUT2D eigenvalue weighted by Gasteiger charge is -2.12. The van der Waals surface area contributed by atoms with E-state index in [-0.39, 0.29) is 12.5 Å². The first-order valence-electron chi connectivity index (χ1n) is 7.50. The van der Waals surface area contributed by atoms with Gasteiger partial charge in [-0.2, -0.15) is 0 Å². The third-order valence-electron chi connectivity index (χ3n) is 3.34. The minimum atomic E-state index is -0.0524. The molecular formula is C16H24N2O2. The van der Waals surface area contributed by atoms with Crippen LogP contribution >= 0.6 is 0 Å². The lowest BCUT2D eigenvalue weighted by Crippen LogP contribution is -2.29. The molecule has 0 aromatic heterocycles. The third kappa shape index (κ3) is 5.21. The SMILES string of the molecule is CCCCNC(=O)COc1ccccc1CNC1CC1. The summed E-state index contributed by atoms with van der Waals surface area (Å²) in [6.45, 7) is 3.72. The molecule has 2 rings (SSSR count). The fourth-order valence-electron chi connectivity index (χ4n) is 1.93. The van der Waals surface area contributed by atoms with Gasteiger partial charge in [0, 0.05) is 24.7 Å². The minimum Gasteiger partial charge on any atom is -0.483 e. The molecular weight excluding hydrogens is 252 g/mol. The van der Waals surface area contributed by atoms with Crippen molar-refractivity contribution < 1.29 is 9.53 Å². The maximum absolute atomic E-state index is 11.6. The van der Waals surface area contributed by atoms with E-state index in [1.165, 1.54) is 12.8 Å². The van der Waals surface area contributed by atoms with Crippen molar-refractivity contribution in [3.05, 3.63) is 29.8 Å². The molecule has 0 unspecified atom stereocenters. The molecule has 4 nitrogen and oxygen atoms in total. The Morgan fingerprint density at radius 1 is 1.35 bits per heavy atom. The Morgan fingerprint density at radius 2 is 2.15 bits per heavy atom. The van der Waals surface area contributed by atoms with Gasteiger partial charge in [-0.3, -0.25) is 4.79 Å². The van der Waals surface area contributed by atoms with Gasteiger partial charge < -0.3 is 15.4 Å². The van der Waals surface area contributed by atoms with Gasteiger partial charge in [0.2, 0.25) is 0 Å². The Kier molecular flexibility index (Phi) is 5.87. The summed E-state index contributed by atoms with van der Waals surface area (Å²) in [7, 11) is 0. The van der Waals surface area contributed by atoms with Gasteiger partial charge in [-0.25, -0.2) is 0 Å². The molecule has 0 radical (unpaired) electrons. The molecule has 0 aliphatic heterocycles. The maximum atomic E-state index is 11.6. The number of carbonyl (C=O) groups is 1. The van der Waals surface area contributed by atoms with Crippen LogP contribution in [0, 0.1) is 0 Å². The molecule has 1 amide bonds. The summed E-state index contributed by atoms with van der Waals surface area (Å²) in [5, 5.41) is 6.32. The van der Waals surface area contributed by atoms with Gasteiger partial charge in [-0.05, 0) is 25.3 Å². The first-order chi connectivity index (χ1) is 9.79. The van der Waals surface area contributed by atoms with Crippen LogP contribution in [-0.4, -0.2) is 25.1 Å². The average molecular weight is 276 g/mol. The Labute approximate surface area is 120 Å². The number of benzene rings is 1. The molecule has 1 saturated carbocycles. The zero-order valence-corrected chi connectivity index (χ0v) is 12.2. The first-order valence-corrected chi connectivity index (χ1v) is 7.50. The van der Waals surface area contributed by atoms with E-state index in [4.69, 9.17) is 4.74 Å². The summed E-state index contributed by atoms with van der Waals surface area (Å²) in [4.78, 5) is 11.6.